The largest absolute Gasteiger partial charge is 0.333 e. The normalized spacial score (nSPS) is 15.2. The van der Waals surface area contributed by atoms with Crippen LogP contribution in [-0.2, 0) is 14.4 Å². The second-order valence-electron chi connectivity index (χ2n) is 5.48. The van der Waals surface area contributed by atoms with Crippen LogP contribution in [0, 0.1) is 13.8 Å². The topological polar surface area (TPSA) is 69.7 Å². The van der Waals surface area contributed by atoms with E-state index in [0.29, 0.717) is 19.6 Å². The fourth-order valence-electron chi connectivity index (χ4n) is 2.40. The number of benzene rings is 1. The number of hydrogen-bond donors (Lipinski definition) is 1. The van der Waals surface area contributed by atoms with Crippen LogP contribution < -0.4 is 5.32 Å². The highest BCUT2D eigenvalue weighted by Crippen LogP contribution is 2.16. The monoisotopic (exact) mass is 303 g/mol. The molecule has 0 aliphatic carbocycles. The fourth-order valence-corrected chi connectivity index (χ4v) is 2.40. The molecule has 1 heterocycles. The van der Waals surface area contributed by atoms with Gasteiger partial charge >= 0.3 is 11.8 Å². The zero-order chi connectivity index (χ0) is 16.3. The summed E-state index contributed by atoms with van der Waals surface area (Å²) in [6.07, 6.45) is 0. The molecule has 2 rings (SSSR count). The fraction of sp³-hybridized carbons (Fsp3) is 0.438. The molecule has 0 bridgehead atoms. The molecule has 1 N–H and O–H groups in total. The molecule has 118 valence electrons. The molecule has 1 fully saturated rings. The van der Waals surface area contributed by atoms with Crippen LogP contribution in [-0.4, -0.2) is 53.7 Å². The number of nitrogens with zero attached hydrogens (tertiary/aromatic N) is 2. The van der Waals surface area contributed by atoms with Crippen LogP contribution >= 0.6 is 0 Å². The van der Waals surface area contributed by atoms with E-state index in [0.717, 1.165) is 16.8 Å². The van der Waals surface area contributed by atoms with Gasteiger partial charge in [-0.05, 0) is 38.0 Å². The molecule has 22 heavy (non-hydrogen) atoms. The summed E-state index contributed by atoms with van der Waals surface area (Å²) >= 11 is 0. The number of nitrogens with one attached hydrogen (secondary N) is 1. The van der Waals surface area contributed by atoms with E-state index >= 15 is 0 Å². The summed E-state index contributed by atoms with van der Waals surface area (Å²) in [5, 5.41) is 2.80. The van der Waals surface area contributed by atoms with E-state index in [1.807, 2.05) is 39.0 Å². The van der Waals surface area contributed by atoms with Gasteiger partial charge in [0.15, 0.2) is 0 Å². The van der Waals surface area contributed by atoms with Crippen molar-refractivity contribution < 1.29 is 14.4 Å². The van der Waals surface area contributed by atoms with Gasteiger partial charge in [-0.3, -0.25) is 14.4 Å². The standard InChI is InChI=1S/C16H21N3O3/c1-4-18-7-8-19(16(22)15(18)21)10-14(20)17-13-9-11(2)5-6-12(13)3/h5-6,9H,4,7-8,10H2,1-3H3,(H,17,20). The average molecular weight is 303 g/mol. The molecule has 6 nitrogen and oxygen atoms in total. The van der Waals surface area contributed by atoms with Gasteiger partial charge in [0.2, 0.25) is 5.91 Å². The van der Waals surface area contributed by atoms with Crippen molar-refractivity contribution >= 4 is 23.4 Å². The molecule has 6 heteroatoms. The van der Waals surface area contributed by atoms with E-state index in [1.165, 1.54) is 9.80 Å². The smallest absolute Gasteiger partial charge is 0.312 e. The number of carbonyl (C=O) groups excluding carboxylic acids is 3. The lowest BCUT2D eigenvalue weighted by Crippen LogP contribution is -2.55. The van der Waals surface area contributed by atoms with Crippen LogP contribution in [0.3, 0.4) is 0 Å². The molecule has 0 saturated carbocycles. The Morgan fingerprint density at radius 3 is 2.45 bits per heavy atom. The second kappa shape index (κ2) is 6.60. The van der Waals surface area contributed by atoms with Crippen LogP contribution in [0.1, 0.15) is 18.1 Å². The molecule has 0 atom stereocenters. The predicted molar refractivity (Wildman–Crippen MR) is 83.4 cm³/mol. The maximum atomic E-state index is 12.1. The van der Waals surface area contributed by atoms with E-state index in [2.05, 4.69) is 5.32 Å². The molecule has 0 radical (unpaired) electrons. The summed E-state index contributed by atoms with van der Waals surface area (Å²) in [6.45, 7) is 6.94. The van der Waals surface area contributed by atoms with Crippen LogP contribution in [0.2, 0.25) is 0 Å². The summed E-state index contributed by atoms with van der Waals surface area (Å²) in [5.74, 6) is -1.43. The van der Waals surface area contributed by atoms with E-state index in [4.69, 9.17) is 0 Å². The third-order valence-electron chi connectivity index (χ3n) is 3.78. The Bertz CT molecular complexity index is 613. The Kier molecular flexibility index (Phi) is 4.80. The first-order chi connectivity index (χ1) is 10.4. The number of rotatable bonds is 4. The lowest BCUT2D eigenvalue weighted by atomic mass is 10.1. The molecule has 1 aliphatic rings. The molecule has 0 aromatic heterocycles. The minimum Gasteiger partial charge on any atom is -0.333 e. The molecule has 3 amide bonds. The van der Waals surface area contributed by atoms with Gasteiger partial charge in [-0.25, -0.2) is 0 Å². The highest BCUT2D eigenvalue weighted by atomic mass is 16.2. The first-order valence-corrected chi connectivity index (χ1v) is 7.37. The van der Waals surface area contributed by atoms with Crippen molar-refractivity contribution in [1.29, 1.82) is 0 Å². The minimum atomic E-state index is -0.607. The van der Waals surface area contributed by atoms with Crippen molar-refractivity contribution in [1.82, 2.24) is 9.80 Å². The van der Waals surface area contributed by atoms with Crippen LogP contribution in [0.15, 0.2) is 18.2 Å². The Morgan fingerprint density at radius 1 is 1.14 bits per heavy atom. The number of piperazine rings is 1. The summed E-state index contributed by atoms with van der Waals surface area (Å²) in [7, 11) is 0. The first-order valence-electron chi connectivity index (χ1n) is 7.37. The maximum Gasteiger partial charge on any atom is 0.312 e. The van der Waals surface area contributed by atoms with Crippen molar-refractivity contribution in [3.63, 3.8) is 0 Å². The zero-order valence-corrected chi connectivity index (χ0v) is 13.2. The summed E-state index contributed by atoms with van der Waals surface area (Å²) < 4.78 is 0. The highest BCUT2D eigenvalue weighted by molar-refractivity contribution is 6.35. The molecule has 0 unspecified atom stereocenters. The molecule has 1 aliphatic heterocycles. The van der Waals surface area contributed by atoms with Crippen LogP contribution in [0.4, 0.5) is 5.69 Å². The molecule has 1 saturated heterocycles. The zero-order valence-electron chi connectivity index (χ0n) is 13.2. The number of hydrogen-bond acceptors (Lipinski definition) is 3. The van der Waals surface area contributed by atoms with E-state index in [-0.39, 0.29) is 12.5 Å². The number of likely N-dealkylation sites (N-methyl/N-ethyl adjacent to an activating group) is 1. The molecule has 1 aromatic rings. The summed E-state index contributed by atoms with van der Waals surface area (Å²) in [5.41, 5.74) is 2.73. The lowest BCUT2D eigenvalue weighted by Gasteiger charge is -2.32. The molecular formula is C16H21N3O3. The van der Waals surface area contributed by atoms with Crippen LogP contribution in [0.5, 0.6) is 0 Å². The van der Waals surface area contributed by atoms with Crippen molar-refractivity contribution in [2.45, 2.75) is 20.8 Å². The van der Waals surface area contributed by atoms with Gasteiger partial charge in [0.05, 0.1) is 0 Å². The predicted octanol–water partition coefficient (Wildman–Crippen LogP) is 0.933. The average Bonchev–Trinajstić information content (AvgIpc) is 2.48. The molecule has 1 aromatic carbocycles. The lowest BCUT2D eigenvalue weighted by molar-refractivity contribution is -0.156. The van der Waals surface area contributed by atoms with Gasteiger partial charge in [-0.2, -0.15) is 0 Å². The summed E-state index contributed by atoms with van der Waals surface area (Å²) in [6, 6.07) is 5.78. The third kappa shape index (κ3) is 3.44. The third-order valence-corrected chi connectivity index (χ3v) is 3.78. The van der Waals surface area contributed by atoms with Gasteiger partial charge in [0.25, 0.3) is 0 Å². The minimum absolute atomic E-state index is 0.102. The van der Waals surface area contributed by atoms with Crippen molar-refractivity contribution in [2.75, 3.05) is 31.5 Å². The first kappa shape index (κ1) is 16.0. The van der Waals surface area contributed by atoms with Crippen molar-refractivity contribution in [2.24, 2.45) is 0 Å². The molecule has 0 spiro atoms. The Hall–Kier alpha value is -2.37. The quantitative estimate of drug-likeness (QED) is 0.841. The second-order valence-corrected chi connectivity index (χ2v) is 5.48. The van der Waals surface area contributed by atoms with E-state index in [1.54, 1.807) is 0 Å². The maximum absolute atomic E-state index is 12.1. The Balaban J connectivity index is 1.99. The molecular weight excluding hydrogens is 282 g/mol. The number of carbonyl (C=O) groups is 3. The number of amides is 3. The van der Waals surface area contributed by atoms with Crippen LogP contribution in [0.25, 0.3) is 0 Å². The Morgan fingerprint density at radius 2 is 1.77 bits per heavy atom. The van der Waals surface area contributed by atoms with Gasteiger partial charge in [-0.1, -0.05) is 12.1 Å². The SMILES string of the molecule is CCN1CCN(CC(=O)Nc2cc(C)ccc2C)C(=O)C1=O. The number of aryl methyl sites for hydroxylation is 2. The summed E-state index contributed by atoms with van der Waals surface area (Å²) in [4.78, 5) is 38.7. The Labute approximate surface area is 130 Å². The van der Waals surface area contributed by atoms with E-state index < -0.39 is 11.8 Å². The van der Waals surface area contributed by atoms with E-state index in [9.17, 15) is 14.4 Å². The van der Waals surface area contributed by atoms with Gasteiger partial charge in [0, 0.05) is 25.3 Å². The van der Waals surface area contributed by atoms with Crippen molar-refractivity contribution in [3.8, 4) is 0 Å². The van der Waals surface area contributed by atoms with Gasteiger partial charge in [-0.15, -0.1) is 0 Å². The number of anilines is 1. The van der Waals surface area contributed by atoms with Gasteiger partial charge < -0.3 is 15.1 Å². The van der Waals surface area contributed by atoms with Crippen molar-refractivity contribution in [3.05, 3.63) is 29.3 Å². The van der Waals surface area contributed by atoms with Gasteiger partial charge in [0.1, 0.15) is 6.54 Å². The highest BCUT2D eigenvalue weighted by Gasteiger charge is 2.32.